The molecular weight excluding hydrogens is 318 g/mol. The molecule has 3 N–H and O–H groups in total. The first-order valence-corrected chi connectivity index (χ1v) is 9.86. The molecule has 0 aliphatic carbocycles. The summed E-state index contributed by atoms with van der Waals surface area (Å²) in [5.41, 5.74) is 0.151. The smallest absolute Gasteiger partial charge is 0.220 e. The van der Waals surface area contributed by atoms with Gasteiger partial charge in [0.15, 0.2) is 5.96 Å². The van der Waals surface area contributed by atoms with Crippen LogP contribution in [0.3, 0.4) is 0 Å². The number of guanidine groups is 1. The Balaban J connectivity index is 1.64. The van der Waals surface area contributed by atoms with Gasteiger partial charge in [0.25, 0.3) is 0 Å². The SMILES string of the molecule is CCNC(=NCC1(N2CCCC2)CCOCC1)NC1CCC(=O)NC1. The van der Waals surface area contributed by atoms with Crippen LogP contribution < -0.4 is 16.0 Å². The summed E-state index contributed by atoms with van der Waals surface area (Å²) in [7, 11) is 0. The maximum absolute atomic E-state index is 11.3. The van der Waals surface area contributed by atoms with Crippen molar-refractivity contribution in [3.8, 4) is 0 Å². The molecule has 1 atom stereocenters. The second kappa shape index (κ2) is 8.85. The lowest BCUT2D eigenvalue weighted by Crippen LogP contribution is -2.55. The van der Waals surface area contributed by atoms with Crippen LogP contribution in [0.25, 0.3) is 0 Å². The molecule has 142 valence electrons. The molecular formula is C18H33N5O2. The molecule has 0 spiro atoms. The molecule has 0 radical (unpaired) electrons. The van der Waals surface area contributed by atoms with Crippen molar-refractivity contribution in [2.45, 2.75) is 57.0 Å². The minimum atomic E-state index is 0.148. The lowest BCUT2D eigenvalue weighted by molar-refractivity contribution is -0.122. The molecule has 3 heterocycles. The number of carbonyl (C=O) groups is 1. The van der Waals surface area contributed by atoms with Crippen molar-refractivity contribution in [3.05, 3.63) is 0 Å². The predicted molar refractivity (Wildman–Crippen MR) is 98.7 cm³/mol. The highest BCUT2D eigenvalue weighted by molar-refractivity contribution is 5.81. The molecule has 3 rings (SSSR count). The summed E-state index contributed by atoms with van der Waals surface area (Å²) in [6.45, 7) is 8.46. The van der Waals surface area contributed by atoms with E-state index in [0.717, 1.165) is 51.5 Å². The molecule has 0 aromatic rings. The molecule has 0 aromatic heterocycles. The third-order valence-corrected chi connectivity index (χ3v) is 5.68. The van der Waals surface area contributed by atoms with Gasteiger partial charge in [0, 0.05) is 44.3 Å². The molecule has 3 fully saturated rings. The Bertz CT molecular complexity index is 460. The number of aliphatic imine (C=N–C) groups is 1. The van der Waals surface area contributed by atoms with Gasteiger partial charge in [-0.25, -0.2) is 0 Å². The summed E-state index contributed by atoms with van der Waals surface area (Å²) in [4.78, 5) is 18.9. The van der Waals surface area contributed by atoms with Gasteiger partial charge in [-0.05, 0) is 52.1 Å². The van der Waals surface area contributed by atoms with E-state index in [2.05, 4.69) is 27.8 Å². The highest BCUT2D eigenvalue weighted by atomic mass is 16.5. The van der Waals surface area contributed by atoms with Crippen LogP contribution in [0.5, 0.6) is 0 Å². The van der Waals surface area contributed by atoms with Gasteiger partial charge in [-0.2, -0.15) is 0 Å². The first-order valence-electron chi connectivity index (χ1n) is 9.86. The number of rotatable bonds is 5. The Labute approximate surface area is 151 Å². The summed E-state index contributed by atoms with van der Waals surface area (Å²) in [6.07, 6.45) is 6.18. The van der Waals surface area contributed by atoms with Crippen molar-refractivity contribution in [1.29, 1.82) is 0 Å². The number of likely N-dealkylation sites (tertiary alicyclic amines) is 1. The van der Waals surface area contributed by atoms with Crippen molar-refractivity contribution < 1.29 is 9.53 Å². The van der Waals surface area contributed by atoms with Crippen molar-refractivity contribution in [3.63, 3.8) is 0 Å². The minimum absolute atomic E-state index is 0.148. The maximum atomic E-state index is 11.3. The van der Waals surface area contributed by atoms with Gasteiger partial charge in [-0.1, -0.05) is 0 Å². The molecule has 1 amide bonds. The number of hydrogen-bond donors (Lipinski definition) is 3. The van der Waals surface area contributed by atoms with Gasteiger partial charge in [0.05, 0.1) is 6.54 Å². The van der Waals surface area contributed by atoms with E-state index in [1.165, 1.54) is 25.9 Å². The van der Waals surface area contributed by atoms with E-state index in [1.54, 1.807) is 0 Å². The van der Waals surface area contributed by atoms with Crippen molar-refractivity contribution in [2.24, 2.45) is 4.99 Å². The average Bonchev–Trinajstić information content (AvgIpc) is 3.18. The fraction of sp³-hybridized carbons (Fsp3) is 0.889. The summed E-state index contributed by atoms with van der Waals surface area (Å²) < 4.78 is 5.62. The first kappa shape index (κ1) is 18.5. The number of amides is 1. The standard InChI is InChI=1S/C18H33N5O2/c1-2-19-17(22-15-5-6-16(24)20-13-15)21-14-18(7-11-25-12-8-18)23-9-3-4-10-23/h15H,2-14H2,1H3,(H,20,24)(H2,19,21,22). The highest BCUT2D eigenvalue weighted by Crippen LogP contribution is 2.31. The third-order valence-electron chi connectivity index (χ3n) is 5.68. The summed E-state index contributed by atoms with van der Waals surface area (Å²) >= 11 is 0. The van der Waals surface area contributed by atoms with Gasteiger partial charge >= 0.3 is 0 Å². The molecule has 7 nitrogen and oxygen atoms in total. The third kappa shape index (κ3) is 4.85. The molecule has 3 aliphatic rings. The lowest BCUT2D eigenvalue weighted by Gasteiger charge is -2.43. The number of ether oxygens (including phenoxy) is 1. The van der Waals surface area contributed by atoms with Crippen LogP contribution in [0.1, 0.15) is 45.4 Å². The number of nitrogens with one attached hydrogen (secondary N) is 3. The van der Waals surface area contributed by atoms with E-state index < -0.39 is 0 Å². The summed E-state index contributed by atoms with van der Waals surface area (Å²) in [5.74, 6) is 1.02. The van der Waals surface area contributed by atoms with Crippen LogP contribution in [-0.4, -0.2) is 74.3 Å². The molecule has 1 unspecified atom stereocenters. The molecule has 0 saturated carbocycles. The normalized spacial score (nSPS) is 27.8. The van der Waals surface area contributed by atoms with Crippen molar-refractivity contribution >= 4 is 11.9 Å². The van der Waals surface area contributed by atoms with Gasteiger partial charge in [0.2, 0.25) is 5.91 Å². The zero-order valence-corrected chi connectivity index (χ0v) is 15.5. The lowest BCUT2D eigenvalue weighted by atomic mass is 9.88. The number of nitrogens with zero attached hydrogens (tertiary/aromatic N) is 2. The minimum Gasteiger partial charge on any atom is -0.381 e. The van der Waals surface area contributed by atoms with Crippen molar-refractivity contribution in [1.82, 2.24) is 20.9 Å². The topological polar surface area (TPSA) is 78.0 Å². The Morgan fingerprint density at radius 3 is 2.76 bits per heavy atom. The predicted octanol–water partition coefficient (Wildman–Crippen LogP) is 0.465. The van der Waals surface area contributed by atoms with Crippen molar-refractivity contribution in [2.75, 3.05) is 45.9 Å². The summed E-state index contributed by atoms with van der Waals surface area (Å²) in [5, 5.41) is 9.79. The Kier molecular flexibility index (Phi) is 6.53. The molecule has 0 aromatic carbocycles. The number of piperidine rings is 1. The quantitative estimate of drug-likeness (QED) is 0.496. The van der Waals surface area contributed by atoms with Gasteiger partial charge in [0.1, 0.15) is 0 Å². The fourth-order valence-electron chi connectivity index (χ4n) is 4.11. The van der Waals surface area contributed by atoms with E-state index in [9.17, 15) is 4.79 Å². The maximum Gasteiger partial charge on any atom is 0.220 e. The second-order valence-corrected chi connectivity index (χ2v) is 7.41. The van der Waals surface area contributed by atoms with E-state index in [0.29, 0.717) is 13.0 Å². The molecule has 25 heavy (non-hydrogen) atoms. The molecule has 7 heteroatoms. The monoisotopic (exact) mass is 351 g/mol. The second-order valence-electron chi connectivity index (χ2n) is 7.41. The zero-order valence-electron chi connectivity index (χ0n) is 15.5. The Morgan fingerprint density at radius 2 is 2.12 bits per heavy atom. The zero-order chi connectivity index (χ0) is 17.5. The van der Waals surface area contributed by atoms with Crippen LogP contribution in [-0.2, 0) is 9.53 Å². The average molecular weight is 351 g/mol. The Morgan fingerprint density at radius 1 is 1.36 bits per heavy atom. The van der Waals surface area contributed by atoms with Gasteiger partial charge in [-0.3, -0.25) is 14.7 Å². The van der Waals surface area contributed by atoms with E-state index in [-0.39, 0.29) is 17.5 Å². The van der Waals surface area contributed by atoms with E-state index in [4.69, 9.17) is 9.73 Å². The first-order chi connectivity index (χ1) is 12.2. The fourth-order valence-corrected chi connectivity index (χ4v) is 4.11. The largest absolute Gasteiger partial charge is 0.381 e. The molecule has 3 saturated heterocycles. The summed E-state index contributed by atoms with van der Waals surface area (Å²) in [6, 6.07) is 0.257. The van der Waals surface area contributed by atoms with E-state index >= 15 is 0 Å². The highest BCUT2D eigenvalue weighted by Gasteiger charge is 2.39. The van der Waals surface area contributed by atoms with Crippen LogP contribution in [0, 0.1) is 0 Å². The number of carbonyl (C=O) groups excluding carboxylic acids is 1. The van der Waals surface area contributed by atoms with Gasteiger partial charge < -0.3 is 20.7 Å². The molecule has 0 bridgehead atoms. The van der Waals surface area contributed by atoms with Crippen LogP contribution in [0.15, 0.2) is 4.99 Å². The Hall–Kier alpha value is -1.34. The van der Waals surface area contributed by atoms with Crippen LogP contribution in [0.2, 0.25) is 0 Å². The number of hydrogen-bond acceptors (Lipinski definition) is 4. The van der Waals surface area contributed by atoms with Crippen LogP contribution in [0.4, 0.5) is 0 Å². The molecule has 3 aliphatic heterocycles. The van der Waals surface area contributed by atoms with Crippen LogP contribution >= 0.6 is 0 Å². The van der Waals surface area contributed by atoms with Gasteiger partial charge in [-0.15, -0.1) is 0 Å². The van der Waals surface area contributed by atoms with E-state index in [1.807, 2.05) is 0 Å².